The molecule has 0 amide bonds. The van der Waals surface area contributed by atoms with Crippen LogP contribution in [0.25, 0.3) is 0 Å². The molecule has 1 aromatic carbocycles. The number of hydrogen-bond donors (Lipinski definition) is 1. The van der Waals surface area contributed by atoms with Gasteiger partial charge in [0.05, 0.1) is 18.3 Å². The molecule has 1 unspecified atom stereocenters. The summed E-state index contributed by atoms with van der Waals surface area (Å²) < 4.78 is 13.9. The fourth-order valence-electron chi connectivity index (χ4n) is 3.17. The van der Waals surface area contributed by atoms with Gasteiger partial charge in [0.2, 0.25) is 0 Å². The van der Waals surface area contributed by atoms with Crippen molar-refractivity contribution in [2.24, 2.45) is 16.6 Å². The minimum atomic E-state index is -0.222. The third kappa shape index (κ3) is 1.85. The molecule has 18 heavy (non-hydrogen) atoms. The van der Waals surface area contributed by atoms with Crippen LogP contribution in [0.1, 0.15) is 25.7 Å². The molecule has 96 valence electrons. The molecule has 1 fully saturated rings. The zero-order valence-corrected chi connectivity index (χ0v) is 10.3. The van der Waals surface area contributed by atoms with Crippen molar-refractivity contribution in [3.8, 4) is 0 Å². The van der Waals surface area contributed by atoms with E-state index in [2.05, 4.69) is 4.99 Å². The third-order valence-electron chi connectivity index (χ3n) is 4.07. The Labute approximate surface area is 106 Å². The molecule has 1 aliphatic carbocycles. The van der Waals surface area contributed by atoms with Crippen LogP contribution >= 0.6 is 0 Å². The van der Waals surface area contributed by atoms with E-state index in [0.29, 0.717) is 24.1 Å². The Morgan fingerprint density at radius 2 is 1.94 bits per heavy atom. The lowest BCUT2D eigenvalue weighted by molar-refractivity contribution is 0.447. The van der Waals surface area contributed by atoms with Crippen LogP contribution in [-0.2, 0) is 0 Å². The predicted octanol–water partition coefficient (Wildman–Crippen LogP) is 2.52. The average molecular weight is 247 g/mol. The number of nitrogens with zero attached hydrogens (tertiary/aromatic N) is 2. The summed E-state index contributed by atoms with van der Waals surface area (Å²) >= 11 is 0. The predicted molar refractivity (Wildman–Crippen MR) is 71.1 cm³/mol. The Balaban J connectivity index is 1.92. The standard InChI is InChI=1S/C14H18FN3/c15-11-7-3-4-8-12(11)18-13(9-17-14(18)16)10-5-1-2-6-10/h3-4,7-8,10,13H,1-2,5-6,9H2,(H2,16,17). The molecular weight excluding hydrogens is 229 g/mol. The highest BCUT2D eigenvalue weighted by Gasteiger charge is 2.36. The largest absolute Gasteiger partial charge is 0.370 e. The Morgan fingerprint density at radius 3 is 2.67 bits per heavy atom. The van der Waals surface area contributed by atoms with E-state index < -0.39 is 0 Å². The number of halogens is 1. The highest BCUT2D eigenvalue weighted by Crippen LogP contribution is 2.35. The normalized spacial score (nSPS) is 24.6. The number of guanidine groups is 1. The second-order valence-corrected chi connectivity index (χ2v) is 5.13. The highest BCUT2D eigenvalue weighted by atomic mass is 19.1. The van der Waals surface area contributed by atoms with Crippen LogP contribution in [0, 0.1) is 11.7 Å². The molecule has 2 N–H and O–H groups in total. The molecule has 0 saturated heterocycles. The monoisotopic (exact) mass is 247 g/mol. The van der Waals surface area contributed by atoms with Gasteiger partial charge in [0.15, 0.2) is 5.96 Å². The van der Waals surface area contributed by atoms with Crippen molar-refractivity contribution in [3.05, 3.63) is 30.1 Å². The summed E-state index contributed by atoms with van der Waals surface area (Å²) in [5, 5.41) is 0. The van der Waals surface area contributed by atoms with E-state index in [-0.39, 0.29) is 11.9 Å². The van der Waals surface area contributed by atoms with Gasteiger partial charge in [-0.2, -0.15) is 0 Å². The molecular formula is C14H18FN3. The van der Waals surface area contributed by atoms with Crippen LogP contribution in [0.15, 0.2) is 29.3 Å². The molecule has 3 nitrogen and oxygen atoms in total. The van der Waals surface area contributed by atoms with Gasteiger partial charge in [-0.3, -0.25) is 4.99 Å². The van der Waals surface area contributed by atoms with Crippen molar-refractivity contribution in [3.63, 3.8) is 0 Å². The van der Waals surface area contributed by atoms with Gasteiger partial charge >= 0.3 is 0 Å². The summed E-state index contributed by atoms with van der Waals surface area (Å²) in [6.45, 7) is 0.699. The lowest BCUT2D eigenvalue weighted by atomic mass is 9.97. The molecule has 1 heterocycles. The Hall–Kier alpha value is -1.58. The van der Waals surface area contributed by atoms with E-state index in [9.17, 15) is 4.39 Å². The number of anilines is 1. The van der Waals surface area contributed by atoms with Crippen molar-refractivity contribution in [2.75, 3.05) is 11.4 Å². The summed E-state index contributed by atoms with van der Waals surface area (Å²) in [5.74, 6) is 0.826. The van der Waals surface area contributed by atoms with E-state index in [1.165, 1.54) is 31.7 Å². The summed E-state index contributed by atoms with van der Waals surface area (Å²) in [6, 6.07) is 7.05. The van der Waals surface area contributed by atoms with Crippen LogP contribution in [0.3, 0.4) is 0 Å². The summed E-state index contributed by atoms with van der Waals surface area (Å²) in [4.78, 5) is 6.21. The van der Waals surface area contributed by atoms with Gasteiger partial charge in [-0.25, -0.2) is 4.39 Å². The van der Waals surface area contributed by atoms with Crippen LogP contribution in [0.5, 0.6) is 0 Å². The second-order valence-electron chi connectivity index (χ2n) is 5.13. The molecule has 3 rings (SSSR count). The fourth-order valence-corrected chi connectivity index (χ4v) is 3.17. The lowest BCUT2D eigenvalue weighted by Crippen LogP contribution is -2.44. The third-order valence-corrected chi connectivity index (χ3v) is 4.07. The van der Waals surface area contributed by atoms with E-state index in [4.69, 9.17) is 5.73 Å². The second kappa shape index (κ2) is 4.59. The van der Waals surface area contributed by atoms with Crippen molar-refractivity contribution in [1.82, 2.24) is 0 Å². The summed E-state index contributed by atoms with van der Waals surface area (Å²) in [7, 11) is 0. The van der Waals surface area contributed by atoms with Crippen LogP contribution in [-0.4, -0.2) is 18.5 Å². The molecule has 2 aliphatic rings. The number of benzene rings is 1. The number of para-hydroxylation sites is 1. The van der Waals surface area contributed by atoms with E-state index >= 15 is 0 Å². The fraction of sp³-hybridized carbons (Fsp3) is 0.500. The van der Waals surface area contributed by atoms with Gasteiger partial charge in [-0.15, -0.1) is 0 Å². The number of hydrogen-bond acceptors (Lipinski definition) is 3. The Bertz CT molecular complexity index is 466. The van der Waals surface area contributed by atoms with Crippen LogP contribution in [0.2, 0.25) is 0 Å². The van der Waals surface area contributed by atoms with Gasteiger partial charge in [-0.1, -0.05) is 25.0 Å². The Morgan fingerprint density at radius 1 is 1.22 bits per heavy atom. The number of nitrogens with two attached hydrogens (primary N) is 1. The minimum Gasteiger partial charge on any atom is -0.370 e. The average Bonchev–Trinajstić information content (AvgIpc) is 2.99. The van der Waals surface area contributed by atoms with Gasteiger partial charge < -0.3 is 10.6 Å². The highest BCUT2D eigenvalue weighted by molar-refractivity contribution is 5.97. The first-order valence-corrected chi connectivity index (χ1v) is 6.61. The molecule has 4 heteroatoms. The SMILES string of the molecule is NC1=NCC(C2CCCC2)N1c1ccccc1F. The summed E-state index contributed by atoms with van der Waals surface area (Å²) in [6.07, 6.45) is 4.95. The first kappa shape index (κ1) is 11.5. The molecule has 0 bridgehead atoms. The molecule has 1 atom stereocenters. The van der Waals surface area contributed by atoms with E-state index in [1.807, 2.05) is 11.0 Å². The van der Waals surface area contributed by atoms with Gasteiger partial charge in [-0.05, 0) is 30.9 Å². The zero-order chi connectivity index (χ0) is 12.5. The molecule has 0 aromatic heterocycles. The maximum Gasteiger partial charge on any atom is 0.196 e. The Kier molecular flexibility index (Phi) is 2.94. The van der Waals surface area contributed by atoms with Crippen molar-refractivity contribution >= 4 is 11.6 Å². The van der Waals surface area contributed by atoms with Gasteiger partial charge in [0, 0.05) is 0 Å². The van der Waals surface area contributed by atoms with Crippen molar-refractivity contribution in [1.29, 1.82) is 0 Å². The zero-order valence-electron chi connectivity index (χ0n) is 10.3. The van der Waals surface area contributed by atoms with Gasteiger partial charge in [0.25, 0.3) is 0 Å². The lowest BCUT2D eigenvalue weighted by Gasteiger charge is -2.30. The molecule has 0 radical (unpaired) electrons. The molecule has 1 aliphatic heterocycles. The molecule has 1 saturated carbocycles. The van der Waals surface area contributed by atoms with E-state index in [1.54, 1.807) is 12.1 Å². The first-order chi connectivity index (χ1) is 8.77. The maximum atomic E-state index is 13.9. The van der Waals surface area contributed by atoms with Gasteiger partial charge in [0.1, 0.15) is 5.82 Å². The maximum absolute atomic E-state index is 13.9. The number of aliphatic imine (C=N–C) groups is 1. The minimum absolute atomic E-state index is 0.222. The van der Waals surface area contributed by atoms with Crippen molar-refractivity contribution in [2.45, 2.75) is 31.7 Å². The smallest absolute Gasteiger partial charge is 0.196 e. The molecule has 0 spiro atoms. The van der Waals surface area contributed by atoms with Crippen LogP contribution < -0.4 is 10.6 Å². The number of rotatable bonds is 2. The topological polar surface area (TPSA) is 41.6 Å². The van der Waals surface area contributed by atoms with E-state index in [0.717, 1.165) is 0 Å². The first-order valence-electron chi connectivity index (χ1n) is 6.61. The van der Waals surface area contributed by atoms with Crippen molar-refractivity contribution < 1.29 is 4.39 Å². The molecule has 1 aromatic rings. The quantitative estimate of drug-likeness (QED) is 0.872. The summed E-state index contributed by atoms with van der Waals surface area (Å²) in [5.41, 5.74) is 6.51. The van der Waals surface area contributed by atoms with Crippen LogP contribution in [0.4, 0.5) is 10.1 Å².